The van der Waals surface area contributed by atoms with E-state index in [1.165, 1.54) is 12.8 Å². The Morgan fingerprint density at radius 1 is 0.893 bits per heavy atom. The average Bonchev–Trinajstić information content (AvgIpc) is 3.21. The van der Waals surface area contributed by atoms with Crippen molar-refractivity contribution in [3.8, 4) is 5.75 Å². The Morgan fingerprint density at radius 2 is 1.54 bits per heavy atom. The molecule has 1 saturated heterocycles. The molecule has 0 unspecified atom stereocenters. The standard InChI is InChI=1S/C23H30N2O3/c1-2-28-19-13-11-17(12-14-19)20-21(24-15-7-8-16-24)23(27)25(22(20)26)18-9-5-3-4-6-10-18/h11-14,18H,2-10,15-16H2,1H3. The van der Waals surface area contributed by atoms with Gasteiger partial charge in [-0.1, -0.05) is 37.8 Å². The number of likely N-dealkylation sites (tertiary alicyclic amines) is 1. The van der Waals surface area contributed by atoms with Gasteiger partial charge in [0.25, 0.3) is 11.8 Å². The monoisotopic (exact) mass is 382 g/mol. The van der Waals surface area contributed by atoms with E-state index in [9.17, 15) is 9.59 Å². The SMILES string of the molecule is CCOc1ccc(C2=C(N3CCCC3)C(=O)N(C3CCCCCC3)C2=O)cc1. The first-order valence-corrected chi connectivity index (χ1v) is 10.8. The minimum atomic E-state index is -0.108. The summed E-state index contributed by atoms with van der Waals surface area (Å²) in [6.07, 6.45) is 8.60. The van der Waals surface area contributed by atoms with Gasteiger partial charge < -0.3 is 9.64 Å². The van der Waals surface area contributed by atoms with E-state index in [4.69, 9.17) is 4.74 Å². The highest BCUT2D eigenvalue weighted by Gasteiger charge is 2.45. The number of carbonyl (C=O) groups is 2. The summed E-state index contributed by atoms with van der Waals surface area (Å²) in [5.41, 5.74) is 2.02. The minimum Gasteiger partial charge on any atom is -0.494 e. The summed E-state index contributed by atoms with van der Waals surface area (Å²) in [7, 11) is 0. The van der Waals surface area contributed by atoms with Crippen LogP contribution in [0.15, 0.2) is 30.0 Å². The highest BCUT2D eigenvalue weighted by atomic mass is 16.5. The zero-order valence-electron chi connectivity index (χ0n) is 16.8. The molecule has 2 heterocycles. The molecule has 2 fully saturated rings. The van der Waals surface area contributed by atoms with E-state index in [1.807, 2.05) is 31.2 Å². The number of hydrogen-bond acceptors (Lipinski definition) is 4. The summed E-state index contributed by atoms with van der Waals surface area (Å²) in [5, 5.41) is 0. The normalized spacial score (nSPS) is 21.6. The first-order valence-electron chi connectivity index (χ1n) is 10.8. The van der Waals surface area contributed by atoms with Gasteiger partial charge in [0.05, 0.1) is 12.2 Å². The molecule has 28 heavy (non-hydrogen) atoms. The number of benzene rings is 1. The third-order valence-electron chi connectivity index (χ3n) is 6.16. The molecule has 0 N–H and O–H groups in total. The molecule has 1 aliphatic carbocycles. The van der Waals surface area contributed by atoms with Crippen LogP contribution in [0, 0.1) is 0 Å². The third kappa shape index (κ3) is 3.54. The molecule has 150 valence electrons. The maximum absolute atomic E-state index is 13.5. The number of rotatable bonds is 5. The quantitative estimate of drug-likeness (QED) is 0.571. The molecule has 0 bridgehead atoms. The minimum absolute atomic E-state index is 0.0419. The first-order chi connectivity index (χ1) is 13.7. The lowest BCUT2D eigenvalue weighted by Gasteiger charge is -2.26. The van der Waals surface area contributed by atoms with E-state index in [0.29, 0.717) is 17.9 Å². The lowest BCUT2D eigenvalue weighted by Crippen LogP contribution is -2.42. The van der Waals surface area contributed by atoms with Gasteiger partial charge in [-0.15, -0.1) is 0 Å². The van der Waals surface area contributed by atoms with Crippen LogP contribution >= 0.6 is 0 Å². The summed E-state index contributed by atoms with van der Waals surface area (Å²) in [4.78, 5) is 30.7. The maximum atomic E-state index is 13.5. The molecule has 1 aromatic carbocycles. The van der Waals surface area contributed by atoms with Crippen LogP contribution in [-0.4, -0.2) is 47.4 Å². The van der Waals surface area contributed by atoms with Gasteiger partial charge in [0.1, 0.15) is 11.4 Å². The fourth-order valence-corrected chi connectivity index (χ4v) is 4.76. The Bertz CT molecular complexity index is 755. The van der Waals surface area contributed by atoms with E-state index >= 15 is 0 Å². The van der Waals surface area contributed by atoms with Gasteiger partial charge in [0, 0.05) is 19.1 Å². The summed E-state index contributed by atoms with van der Waals surface area (Å²) >= 11 is 0. The van der Waals surface area contributed by atoms with E-state index < -0.39 is 0 Å². The molecule has 3 aliphatic rings. The van der Waals surface area contributed by atoms with Crippen molar-refractivity contribution < 1.29 is 14.3 Å². The van der Waals surface area contributed by atoms with Crippen molar-refractivity contribution in [2.45, 2.75) is 64.3 Å². The Morgan fingerprint density at radius 3 is 2.14 bits per heavy atom. The van der Waals surface area contributed by atoms with Crippen molar-refractivity contribution >= 4 is 17.4 Å². The summed E-state index contributed by atoms with van der Waals surface area (Å²) in [5.74, 6) is 0.595. The second kappa shape index (κ2) is 8.38. The largest absolute Gasteiger partial charge is 0.494 e. The van der Waals surface area contributed by atoms with Crippen LogP contribution < -0.4 is 4.74 Å². The van der Waals surface area contributed by atoms with Crippen molar-refractivity contribution in [3.63, 3.8) is 0 Å². The lowest BCUT2D eigenvalue weighted by atomic mass is 10.0. The van der Waals surface area contributed by atoms with Crippen molar-refractivity contribution in [2.24, 2.45) is 0 Å². The Hall–Kier alpha value is -2.30. The number of hydrogen-bond donors (Lipinski definition) is 0. The zero-order valence-corrected chi connectivity index (χ0v) is 16.8. The summed E-state index contributed by atoms with van der Waals surface area (Å²) < 4.78 is 5.54. The molecule has 2 amide bonds. The number of amides is 2. The predicted molar refractivity (Wildman–Crippen MR) is 109 cm³/mol. The smallest absolute Gasteiger partial charge is 0.278 e. The second-order valence-corrected chi connectivity index (χ2v) is 8.00. The second-order valence-electron chi connectivity index (χ2n) is 8.00. The molecule has 5 heteroatoms. The summed E-state index contributed by atoms with van der Waals surface area (Å²) in [6, 6.07) is 7.65. The van der Waals surface area contributed by atoms with Crippen LogP contribution in [0.2, 0.25) is 0 Å². The highest BCUT2D eigenvalue weighted by molar-refractivity contribution is 6.35. The molecule has 5 nitrogen and oxygen atoms in total. The fourth-order valence-electron chi connectivity index (χ4n) is 4.76. The van der Waals surface area contributed by atoms with Crippen LogP contribution in [0.1, 0.15) is 63.9 Å². The first kappa shape index (κ1) is 19.0. The maximum Gasteiger partial charge on any atom is 0.278 e. The lowest BCUT2D eigenvalue weighted by molar-refractivity contribution is -0.140. The van der Waals surface area contributed by atoms with Crippen LogP contribution in [0.3, 0.4) is 0 Å². The van der Waals surface area contributed by atoms with E-state index in [1.54, 1.807) is 4.90 Å². The van der Waals surface area contributed by atoms with E-state index in [0.717, 1.165) is 62.9 Å². The molecule has 2 aliphatic heterocycles. The Balaban J connectivity index is 1.70. The predicted octanol–water partition coefficient (Wildman–Crippen LogP) is 3.98. The average molecular weight is 383 g/mol. The van der Waals surface area contributed by atoms with Crippen molar-refractivity contribution in [2.75, 3.05) is 19.7 Å². The van der Waals surface area contributed by atoms with Crippen LogP contribution in [0.25, 0.3) is 5.57 Å². The molecule has 0 aromatic heterocycles. The number of imide groups is 1. The molecule has 0 radical (unpaired) electrons. The topological polar surface area (TPSA) is 49.9 Å². The summed E-state index contributed by atoms with van der Waals surface area (Å²) in [6.45, 7) is 4.26. The molecule has 1 saturated carbocycles. The molecular formula is C23H30N2O3. The molecular weight excluding hydrogens is 352 g/mol. The third-order valence-corrected chi connectivity index (χ3v) is 6.16. The molecule has 1 aromatic rings. The van der Waals surface area contributed by atoms with Crippen LogP contribution in [0.4, 0.5) is 0 Å². The zero-order chi connectivity index (χ0) is 19.5. The van der Waals surface area contributed by atoms with Gasteiger partial charge in [0.15, 0.2) is 0 Å². The molecule has 0 spiro atoms. The van der Waals surface area contributed by atoms with Gasteiger partial charge >= 0.3 is 0 Å². The Labute approximate surface area is 167 Å². The van der Waals surface area contributed by atoms with Crippen molar-refractivity contribution in [1.82, 2.24) is 9.80 Å². The number of nitrogens with zero attached hydrogens (tertiary/aromatic N) is 2. The fraction of sp³-hybridized carbons (Fsp3) is 0.565. The van der Waals surface area contributed by atoms with Gasteiger partial charge in [-0.3, -0.25) is 14.5 Å². The van der Waals surface area contributed by atoms with E-state index in [-0.39, 0.29) is 17.9 Å². The van der Waals surface area contributed by atoms with Gasteiger partial charge in [-0.25, -0.2) is 0 Å². The highest BCUT2D eigenvalue weighted by Crippen LogP contribution is 2.37. The molecule has 0 atom stereocenters. The van der Waals surface area contributed by atoms with Gasteiger partial charge in [-0.05, 0) is 50.3 Å². The number of carbonyl (C=O) groups excluding carboxylic acids is 2. The van der Waals surface area contributed by atoms with Crippen molar-refractivity contribution in [1.29, 1.82) is 0 Å². The van der Waals surface area contributed by atoms with Crippen LogP contribution in [0.5, 0.6) is 5.75 Å². The van der Waals surface area contributed by atoms with Crippen LogP contribution in [-0.2, 0) is 9.59 Å². The Kier molecular flexibility index (Phi) is 5.69. The number of ether oxygens (including phenoxy) is 1. The van der Waals surface area contributed by atoms with Gasteiger partial charge in [0.2, 0.25) is 0 Å². The van der Waals surface area contributed by atoms with E-state index in [2.05, 4.69) is 4.90 Å². The van der Waals surface area contributed by atoms with Crippen molar-refractivity contribution in [3.05, 3.63) is 35.5 Å². The molecule has 4 rings (SSSR count). The van der Waals surface area contributed by atoms with Gasteiger partial charge in [-0.2, -0.15) is 0 Å².